The largest absolute Gasteiger partial charge is 0.433 e. The second-order valence-electron chi connectivity index (χ2n) is 8.27. The average Bonchev–Trinajstić information content (AvgIpc) is 2.72. The van der Waals surface area contributed by atoms with Crippen LogP contribution < -0.4 is 4.90 Å². The van der Waals surface area contributed by atoms with Crippen molar-refractivity contribution in [3.8, 4) is 0 Å². The van der Waals surface area contributed by atoms with Crippen molar-refractivity contribution in [1.82, 2.24) is 4.98 Å². The summed E-state index contributed by atoms with van der Waals surface area (Å²) in [6.07, 6.45) is -8.49. The highest BCUT2D eigenvalue weighted by Gasteiger charge is 2.46. The van der Waals surface area contributed by atoms with Crippen molar-refractivity contribution >= 4 is 21.4 Å². The van der Waals surface area contributed by atoms with Crippen LogP contribution in [0.4, 0.5) is 32.0 Å². The number of carbonyl (C=O) groups excluding carboxylic acids is 1. The number of pyridine rings is 1. The first-order valence-electron chi connectivity index (χ1n) is 9.80. The van der Waals surface area contributed by atoms with Gasteiger partial charge >= 0.3 is 12.4 Å². The maximum absolute atomic E-state index is 13.2. The topological polar surface area (TPSA) is 67.3 Å². The minimum Gasteiger partial charge on any atom is -0.311 e. The van der Waals surface area contributed by atoms with E-state index in [1.54, 1.807) is 0 Å². The zero-order valence-corrected chi connectivity index (χ0v) is 18.4. The molecule has 0 saturated carbocycles. The number of hydrogen-bond donors (Lipinski definition) is 0. The first-order chi connectivity index (χ1) is 15.0. The smallest absolute Gasteiger partial charge is 0.311 e. The Morgan fingerprint density at radius 1 is 1.00 bits per heavy atom. The maximum atomic E-state index is 13.2. The summed E-state index contributed by atoms with van der Waals surface area (Å²) in [5.74, 6) is -1.23. The summed E-state index contributed by atoms with van der Waals surface area (Å²) >= 11 is 0. The third kappa shape index (κ3) is 5.21. The Bertz CT molecular complexity index is 1140. The predicted molar refractivity (Wildman–Crippen MR) is 114 cm³/mol. The van der Waals surface area contributed by atoms with Crippen molar-refractivity contribution in [2.75, 3.05) is 11.4 Å². The molecule has 34 heavy (non-hydrogen) atoms. The molecule has 0 spiro atoms. The monoisotopic (exact) mass is 510 g/mol. The lowest BCUT2D eigenvalue weighted by Gasteiger charge is -2.39. The van der Waals surface area contributed by atoms with Crippen LogP contribution in [0.1, 0.15) is 45.4 Å². The summed E-state index contributed by atoms with van der Waals surface area (Å²) in [6, 6.07) is 5.29. The van der Waals surface area contributed by atoms with E-state index in [4.69, 9.17) is 0 Å². The van der Waals surface area contributed by atoms with E-state index in [-0.39, 0.29) is 32.5 Å². The van der Waals surface area contributed by atoms with Crippen LogP contribution in [0, 0.1) is 5.92 Å². The van der Waals surface area contributed by atoms with Crippen LogP contribution >= 0.6 is 0 Å². The Morgan fingerprint density at radius 2 is 1.65 bits per heavy atom. The van der Waals surface area contributed by atoms with Gasteiger partial charge < -0.3 is 4.90 Å². The number of benzene rings is 1. The van der Waals surface area contributed by atoms with Gasteiger partial charge in [-0.25, -0.2) is 13.4 Å². The highest BCUT2D eigenvalue weighted by molar-refractivity contribution is 7.92. The number of piperidine rings is 1. The minimum absolute atomic E-state index is 0. The molecule has 1 fully saturated rings. The summed E-state index contributed by atoms with van der Waals surface area (Å²) in [5.41, 5.74) is -2.06. The molecule has 0 aliphatic carbocycles. The molecule has 0 bridgehead atoms. The Morgan fingerprint density at radius 3 is 2.15 bits per heavy atom. The normalized spacial score (nSPS) is 17.9. The molecule has 1 aliphatic heterocycles. The second-order valence-corrected chi connectivity index (χ2v) is 10.8. The van der Waals surface area contributed by atoms with E-state index in [1.807, 2.05) is 0 Å². The Labute approximate surface area is 193 Å². The number of anilines is 1. The van der Waals surface area contributed by atoms with Gasteiger partial charge in [0.2, 0.25) is 5.91 Å². The van der Waals surface area contributed by atoms with E-state index in [1.165, 1.54) is 18.7 Å². The number of carbonyl (C=O) groups is 1. The predicted octanol–water partition coefficient (Wildman–Crippen LogP) is 5.75. The van der Waals surface area contributed by atoms with Crippen LogP contribution in [0.25, 0.3) is 0 Å². The Hall–Kier alpha value is -2.63. The SMILES string of the molecule is C.CC(C)([C@H]1CCN(c2ccc(C(F)(F)F)nc2)C(=O)C1)S(=O)(=O)c1cccc(C(F)(F)F)c1. The minimum atomic E-state index is -4.72. The van der Waals surface area contributed by atoms with Crippen LogP contribution in [0.3, 0.4) is 0 Å². The number of amides is 1. The molecule has 0 radical (unpaired) electrons. The van der Waals surface area contributed by atoms with Gasteiger partial charge in [-0.05, 0) is 56.5 Å². The molecule has 188 valence electrons. The van der Waals surface area contributed by atoms with Gasteiger partial charge in [0, 0.05) is 13.0 Å². The van der Waals surface area contributed by atoms with E-state index in [0.29, 0.717) is 6.07 Å². The number of sulfone groups is 1. The fourth-order valence-electron chi connectivity index (χ4n) is 3.78. The number of hydrogen-bond acceptors (Lipinski definition) is 4. The molecule has 1 aromatic heterocycles. The molecule has 3 rings (SSSR count). The number of halogens is 6. The fourth-order valence-corrected chi connectivity index (χ4v) is 5.56. The third-order valence-electron chi connectivity index (χ3n) is 5.92. The first kappa shape index (κ1) is 27.6. The fraction of sp³-hybridized carbons (Fsp3) is 0.455. The van der Waals surface area contributed by atoms with E-state index in [2.05, 4.69) is 4.98 Å². The molecule has 1 amide bonds. The number of nitrogens with zero attached hydrogens (tertiary/aromatic N) is 2. The Kier molecular flexibility index (Phi) is 7.47. The van der Waals surface area contributed by atoms with E-state index >= 15 is 0 Å². The second kappa shape index (κ2) is 9.20. The van der Waals surface area contributed by atoms with E-state index in [9.17, 15) is 39.6 Å². The van der Waals surface area contributed by atoms with Crippen molar-refractivity contribution in [2.45, 2.75) is 56.1 Å². The van der Waals surface area contributed by atoms with Crippen LogP contribution in [-0.2, 0) is 27.0 Å². The molecule has 5 nitrogen and oxygen atoms in total. The number of rotatable bonds is 4. The summed E-state index contributed by atoms with van der Waals surface area (Å²) in [4.78, 5) is 16.8. The molecule has 1 aliphatic rings. The zero-order chi connectivity index (χ0) is 24.8. The van der Waals surface area contributed by atoms with E-state index < -0.39 is 54.9 Å². The third-order valence-corrected chi connectivity index (χ3v) is 8.51. The number of aromatic nitrogens is 1. The van der Waals surface area contributed by atoms with Crippen LogP contribution in [0.5, 0.6) is 0 Å². The van der Waals surface area contributed by atoms with Crippen molar-refractivity contribution in [3.05, 3.63) is 53.9 Å². The molecule has 1 atom stereocenters. The molecule has 0 N–H and O–H groups in total. The molecule has 2 heterocycles. The molecule has 0 unspecified atom stereocenters. The molecule has 1 aromatic carbocycles. The highest BCUT2D eigenvalue weighted by Crippen LogP contribution is 2.40. The van der Waals surface area contributed by atoms with Crippen LogP contribution in [-0.4, -0.2) is 30.6 Å². The van der Waals surface area contributed by atoms with Crippen molar-refractivity contribution in [1.29, 1.82) is 0 Å². The van der Waals surface area contributed by atoms with Crippen molar-refractivity contribution < 1.29 is 39.6 Å². The summed E-state index contributed by atoms with van der Waals surface area (Å²) in [6.45, 7) is 2.74. The van der Waals surface area contributed by atoms with Gasteiger partial charge in [0.05, 0.1) is 27.1 Å². The van der Waals surface area contributed by atoms with E-state index in [0.717, 1.165) is 36.5 Å². The van der Waals surface area contributed by atoms with Gasteiger partial charge in [-0.3, -0.25) is 4.79 Å². The molecular weight excluding hydrogens is 486 g/mol. The molecule has 1 saturated heterocycles. The van der Waals surface area contributed by atoms with Crippen molar-refractivity contribution in [3.63, 3.8) is 0 Å². The molecule has 12 heteroatoms. The van der Waals surface area contributed by atoms with Gasteiger partial charge in [-0.1, -0.05) is 13.5 Å². The summed E-state index contributed by atoms with van der Waals surface area (Å²) in [5, 5.41) is 0. The lowest BCUT2D eigenvalue weighted by molar-refractivity contribution is -0.141. The van der Waals surface area contributed by atoms with Gasteiger partial charge in [0.15, 0.2) is 9.84 Å². The lowest BCUT2D eigenvalue weighted by Crippen LogP contribution is -2.48. The zero-order valence-electron chi connectivity index (χ0n) is 17.5. The lowest BCUT2D eigenvalue weighted by atomic mass is 9.85. The van der Waals surface area contributed by atoms with Crippen molar-refractivity contribution in [2.24, 2.45) is 5.92 Å². The average molecular weight is 511 g/mol. The highest BCUT2D eigenvalue weighted by atomic mass is 32.2. The van der Waals surface area contributed by atoms with Gasteiger partial charge in [0.25, 0.3) is 0 Å². The molecular formula is C22H24F6N2O3S. The van der Waals surface area contributed by atoms with Gasteiger partial charge in [0.1, 0.15) is 5.69 Å². The maximum Gasteiger partial charge on any atom is 0.433 e. The standard InChI is InChI=1S/C21H20F6N2O3S.CH4/c1-19(2,33(31,32)16-5-3-4-14(10-16)20(22,23)24)13-8-9-29(18(30)11-13)15-6-7-17(28-12-15)21(25,26)27;/h3-7,10,12-13H,8-9,11H2,1-2H3;1H4/t13-;/m0./s1. The quantitative estimate of drug-likeness (QED) is 0.492. The van der Waals surface area contributed by atoms with Crippen LogP contribution in [0.15, 0.2) is 47.5 Å². The number of alkyl halides is 6. The van der Waals surface area contributed by atoms with Crippen LogP contribution in [0.2, 0.25) is 0 Å². The molecule has 2 aromatic rings. The summed E-state index contributed by atoms with van der Waals surface area (Å²) in [7, 11) is -4.26. The van der Waals surface area contributed by atoms with Gasteiger partial charge in [-0.15, -0.1) is 0 Å². The first-order valence-corrected chi connectivity index (χ1v) is 11.3. The Balaban J connectivity index is 0.00000408. The summed E-state index contributed by atoms with van der Waals surface area (Å²) < 4.78 is 102. The van der Waals surface area contributed by atoms with Gasteiger partial charge in [-0.2, -0.15) is 26.3 Å².